The van der Waals surface area contributed by atoms with Crippen molar-refractivity contribution in [3.05, 3.63) is 0 Å². The van der Waals surface area contributed by atoms with Crippen LogP contribution in [0.3, 0.4) is 0 Å². The zero-order valence-electron chi connectivity index (χ0n) is 6.46. The molecule has 0 radical (unpaired) electrons. The van der Waals surface area contributed by atoms with Crippen LogP contribution in [-0.4, -0.2) is 6.18 Å². The molecule has 11 heavy (non-hydrogen) atoms. The zero-order chi connectivity index (χ0) is 8.33. The molecule has 0 unspecified atom stereocenters. The highest BCUT2D eigenvalue weighted by Gasteiger charge is 2.69. The molecule has 0 spiro atoms. The molecule has 0 saturated heterocycles. The van der Waals surface area contributed by atoms with E-state index in [-0.39, 0.29) is 5.41 Å². The summed E-state index contributed by atoms with van der Waals surface area (Å²) in [5, 5.41) is 0. The van der Waals surface area contributed by atoms with Crippen molar-refractivity contribution in [2.45, 2.75) is 38.8 Å². The predicted octanol–water partition coefficient (Wildman–Crippen LogP) is 3.13. The van der Waals surface area contributed by atoms with Crippen LogP contribution in [0, 0.1) is 10.8 Å². The van der Waals surface area contributed by atoms with Gasteiger partial charge in [0.05, 0.1) is 5.41 Å². The van der Waals surface area contributed by atoms with Crippen LogP contribution in [0.1, 0.15) is 32.6 Å². The van der Waals surface area contributed by atoms with Gasteiger partial charge in [0.1, 0.15) is 0 Å². The van der Waals surface area contributed by atoms with Crippen LogP contribution < -0.4 is 0 Å². The fourth-order valence-corrected chi connectivity index (χ4v) is 2.82. The third-order valence-corrected chi connectivity index (χ3v) is 3.34. The molecule has 0 heterocycles. The second-order valence-corrected chi connectivity index (χ2v) is 4.44. The SMILES string of the molecule is CC12CCC(C(F)(F)F)(C1)C2. The Balaban J connectivity index is 2.19. The quantitative estimate of drug-likeness (QED) is 0.516. The molecule has 3 aliphatic rings. The third-order valence-electron chi connectivity index (χ3n) is 3.34. The summed E-state index contributed by atoms with van der Waals surface area (Å²) >= 11 is 0. The molecule has 3 fully saturated rings. The maximum Gasteiger partial charge on any atom is 0.394 e. The average molecular weight is 164 g/mol. The van der Waals surface area contributed by atoms with E-state index in [4.69, 9.17) is 0 Å². The lowest BCUT2D eigenvalue weighted by Gasteiger charge is -2.46. The van der Waals surface area contributed by atoms with Crippen molar-refractivity contribution in [1.82, 2.24) is 0 Å². The lowest BCUT2D eigenvalue weighted by molar-refractivity contribution is -0.255. The number of hydrogen-bond acceptors (Lipinski definition) is 0. The molecule has 3 aliphatic carbocycles. The van der Waals surface area contributed by atoms with Gasteiger partial charge in [0.15, 0.2) is 0 Å². The van der Waals surface area contributed by atoms with Crippen LogP contribution >= 0.6 is 0 Å². The van der Waals surface area contributed by atoms with E-state index in [2.05, 4.69) is 0 Å². The maximum atomic E-state index is 12.4. The van der Waals surface area contributed by atoms with Crippen LogP contribution in [0.4, 0.5) is 13.2 Å². The highest BCUT2D eigenvalue weighted by Crippen LogP contribution is 2.72. The van der Waals surface area contributed by atoms with Crippen molar-refractivity contribution in [3.8, 4) is 0 Å². The van der Waals surface area contributed by atoms with Crippen molar-refractivity contribution < 1.29 is 13.2 Å². The molecule has 0 amide bonds. The minimum absolute atomic E-state index is 0.0372. The number of hydrogen-bond donors (Lipinski definition) is 0. The molecular formula is C8H11F3. The van der Waals surface area contributed by atoms with E-state index < -0.39 is 11.6 Å². The number of halogens is 3. The van der Waals surface area contributed by atoms with Gasteiger partial charge >= 0.3 is 6.18 Å². The van der Waals surface area contributed by atoms with Crippen LogP contribution in [0.2, 0.25) is 0 Å². The van der Waals surface area contributed by atoms with Gasteiger partial charge in [0.25, 0.3) is 0 Å². The average Bonchev–Trinajstić information content (AvgIpc) is 2.16. The Morgan fingerprint density at radius 2 is 1.64 bits per heavy atom. The molecule has 2 bridgehead atoms. The largest absolute Gasteiger partial charge is 0.394 e. The minimum Gasteiger partial charge on any atom is -0.171 e. The first kappa shape index (κ1) is 7.44. The van der Waals surface area contributed by atoms with Gasteiger partial charge in [0, 0.05) is 0 Å². The van der Waals surface area contributed by atoms with Gasteiger partial charge in [-0.15, -0.1) is 0 Å². The molecule has 3 rings (SSSR count). The smallest absolute Gasteiger partial charge is 0.171 e. The molecule has 3 saturated carbocycles. The molecule has 3 heteroatoms. The van der Waals surface area contributed by atoms with Crippen LogP contribution in [0.5, 0.6) is 0 Å². The third kappa shape index (κ3) is 0.769. The fraction of sp³-hybridized carbons (Fsp3) is 1.00. The first-order chi connectivity index (χ1) is 4.87. The normalized spacial score (nSPS) is 49.1. The van der Waals surface area contributed by atoms with Crippen molar-refractivity contribution in [2.24, 2.45) is 10.8 Å². The summed E-state index contributed by atoms with van der Waals surface area (Å²) in [6, 6.07) is 0. The minimum atomic E-state index is -3.94. The highest BCUT2D eigenvalue weighted by atomic mass is 19.4. The van der Waals surface area contributed by atoms with Crippen LogP contribution in [0.25, 0.3) is 0 Å². The Kier molecular flexibility index (Phi) is 1.08. The van der Waals surface area contributed by atoms with E-state index in [0.29, 0.717) is 19.3 Å². The van der Waals surface area contributed by atoms with E-state index in [0.717, 1.165) is 6.42 Å². The van der Waals surface area contributed by atoms with Gasteiger partial charge in [-0.05, 0) is 31.1 Å². The number of alkyl halides is 3. The summed E-state index contributed by atoms with van der Waals surface area (Å²) in [5.74, 6) is 0. The fourth-order valence-electron chi connectivity index (χ4n) is 2.82. The lowest BCUT2D eigenvalue weighted by atomic mass is 9.61. The van der Waals surface area contributed by atoms with Crippen molar-refractivity contribution in [2.75, 3.05) is 0 Å². The summed E-state index contributed by atoms with van der Waals surface area (Å²) < 4.78 is 37.1. The molecule has 0 N–H and O–H groups in total. The summed E-state index contributed by atoms with van der Waals surface area (Å²) in [7, 11) is 0. The lowest BCUT2D eigenvalue weighted by Crippen LogP contribution is -2.46. The van der Waals surface area contributed by atoms with E-state index >= 15 is 0 Å². The van der Waals surface area contributed by atoms with E-state index in [1.165, 1.54) is 0 Å². The Bertz CT molecular complexity index is 186. The van der Waals surface area contributed by atoms with Crippen molar-refractivity contribution >= 4 is 0 Å². The topological polar surface area (TPSA) is 0 Å². The summed E-state index contributed by atoms with van der Waals surface area (Å²) in [4.78, 5) is 0. The first-order valence-corrected chi connectivity index (χ1v) is 3.94. The highest BCUT2D eigenvalue weighted by molar-refractivity contribution is 5.11. The molecule has 0 atom stereocenters. The second-order valence-electron chi connectivity index (χ2n) is 4.44. The molecular weight excluding hydrogens is 153 g/mol. The van der Waals surface area contributed by atoms with Crippen LogP contribution in [0.15, 0.2) is 0 Å². The Morgan fingerprint density at radius 1 is 1.09 bits per heavy atom. The summed E-state index contributed by atoms with van der Waals surface area (Å²) in [6.45, 7) is 1.96. The Hall–Kier alpha value is -0.210. The predicted molar refractivity (Wildman–Crippen MR) is 35.1 cm³/mol. The van der Waals surface area contributed by atoms with E-state index in [9.17, 15) is 13.2 Å². The second kappa shape index (κ2) is 1.59. The Morgan fingerprint density at radius 3 is 1.82 bits per heavy atom. The molecule has 0 aromatic carbocycles. The maximum absolute atomic E-state index is 12.4. The number of rotatable bonds is 0. The monoisotopic (exact) mass is 164 g/mol. The molecule has 0 aromatic rings. The van der Waals surface area contributed by atoms with Gasteiger partial charge in [-0.1, -0.05) is 6.92 Å². The molecule has 0 aliphatic heterocycles. The van der Waals surface area contributed by atoms with Gasteiger partial charge in [-0.2, -0.15) is 13.2 Å². The summed E-state index contributed by atoms with van der Waals surface area (Å²) in [6.07, 6.45) is -2.05. The summed E-state index contributed by atoms with van der Waals surface area (Å²) in [5.41, 5.74) is -1.22. The van der Waals surface area contributed by atoms with Gasteiger partial charge < -0.3 is 0 Å². The van der Waals surface area contributed by atoms with Crippen LogP contribution in [-0.2, 0) is 0 Å². The van der Waals surface area contributed by atoms with Gasteiger partial charge in [-0.3, -0.25) is 0 Å². The zero-order valence-corrected chi connectivity index (χ0v) is 6.46. The Labute approximate surface area is 63.8 Å². The van der Waals surface area contributed by atoms with E-state index in [1.807, 2.05) is 6.92 Å². The molecule has 0 aromatic heterocycles. The van der Waals surface area contributed by atoms with Gasteiger partial charge in [0.2, 0.25) is 0 Å². The van der Waals surface area contributed by atoms with Gasteiger partial charge in [-0.25, -0.2) is 0 Å². The standard InChI is InChI=1S/C8H11F3/c1-6-2-3-7(4-6,5-6)8(9,10)11/h2-5H2,1H3. The first-order valence-electron chi connectivity index (χ1n) is 3.94. The van der Waals surface area contributed by atoms with Crippen molar-refractivity contribution in [3.63, 3.8) is 0 Å². The molecule has 64 valence electrons. The van der Waals surface area contributed by atoms with E-state index in [1.54, 1.807) is 0 Å². The van der Waals surface area contributed by atoms with Crippen molar-refractivity contribution in [1.29, 1.82) is 0 Å². The molecule has 0 nitrogen and oxygen atoms in total. The number of fused-ring (bicyclic) bond motifs is 1.